The van der Waals surface area contributed by atoms with Gasteiger partial charge in [-0.05, 0) is 108 Å². The molecule has 0 bridgehead atoms. The van der Waals surface area contributed by atoms with E-state index >= 15 is 0 Å². The van der Waals surface area contributed by atoms with Crippen LogP contribution in [0.25, 0.3) is 0 Å². The molecule has 0 aromatic heterocycles. The predicted octanol–water partition coefficient (Wildman–Crippen LogP) is 4.74. The molecule has 3 rings (SSSR count). The van der Waals surface area contributed by atoms with Gasteiger partial charge in [0.1, 0.15) is 12.4 Å². The van der Waals surface area contributed by atoms with Gasteiger partial charge in [0.15, 0.2) is 0 Å². The highest BCUT2D eigenvalue weighted by molar-refractivity contribution is 5.75. The van der Waals surface area contributed by atoms with E-state index in [0.29, 0.717) is 32.1 Å². The number of carbonyl (C=O) groups excluding carboxylic acids is 1. The Hall–Kier alpha value is -1.87. The number of aliphatic hydroxyl groups is 5. The summed E-state index contributed by atoms with van der Waals surface area (Å²) in [5.41, 5.74) is 2.99. The number of carbonyl (C=O) groups is 1. The first kappa shape index (κ1) is 34.6. The number of allylic oxidation sites excluding steroid dienone is 8. The van der Waals surface area contributed by atoms with E-state index in [1.807, 2.05) is 25.2 Å². The second kappa shape index (κ2) is 15.7. The van der Waals surface area contributed by atoms with Crippen molar-refractivity contribution in [1.82, 2.24) is 0 Å². The van der Waals surface area contributed by atoms with Crippen LogP contribution in [0.2, 0.25) is 0 Å². The normalized spacial score (nSPS) is 32.3. The Morgan fingerprint density at radius 1 is 1.24 bits per heavy atom. The van der Waals surface area contributed by atoms with Crippen molar-refractivity contribution in [3.8, 4) is 0 Å². The molecule has 5 N–H and O–H groups in total. The maximum absolute atomic E-state index is 12.3. The van der Waals surface area contributed by atoms with Crippen molar-refractivity contribution >= 4 is 6.29 Å². The number of rotatable bonds is 15. The fraction of sp³-hybridized carbons (Fsp3) is 0.686. The van der Waals surface area contributed by atoms with Crippen LogP contribution in [0.5, 0.6) is 0 Å². The van der Waals surface area contributed by atoms with Crippen LogP contribution in [0.1, 0.15) is 85.0 Å². The largest absolute Gasteiger partial charge is 0.396 e. The van der Waals surface area contributed by atoms with Crippen LogP contribution in [0.4, 0.5) is 0 Å². The average molecular weight is 587 g/mol. The summed E-state index contributed by atoms with van der Waals surface area (Å²) >= 11 is 0. The van der Waals surface area contributed by atoms with Gasteiger partial charge in [-0.25, -0.2) is 0 Å². The summed E-state index contributed by atoms with van der Waals surface area (Å²) in [6.45, 7) is 9.91. The summed E-state index contributed by atoms with van der Waals surface area (Å²) in [7, 11) is 0. The molecule has 0 aromatic rings. The molecule has 3 aliphatic rings. The molecule has 2 saturated carbocycles. The molecule has 0 radical (unpaired) electrons. The Morgan fingerprint density at radius 2 is 2.00 bits per heavy atom. The summed E-state index contributed by atoms with van der Waals surface area (Å²) in [6, 6.07) is 0. The van der Waals surface area contributed by atoms with E-state index < -0.39 is 29.8 Å². The van der Waals surface area contributed by atoms with Gasteiger partial charge >= 0.3 is 0 Å². The van der Waals surface area contributed by atoms with E-state index in [0.717, 1.165) is 60.7 Å². The number of aldehydes is 1. The topological polar surface area (TPSA) is 127 Å². The molecule has 0 aromatic carbocycles. The second-order valence-electron chi connectivity index (χ2n) is 13.1. The smallest absolute Gasteiger partial charge is 0.145 e. The van der Waals surface area contributed by atoms with Crippen LogP contribution >= 0.6 is 0 Å². The first-order chi connectivity index (χ1) is 20.0. The fourth-order valence-electron chi connectivity index (χ4n) is 7.98. The lowest BCUT2D eigenvalue weighted by Gasteiger charge is -2.58. The highest BCUT2D eigenvalue weighted by Gasteiger charge is 2.65. The van der Waals surface area contributed by atoms with Gasteiger partial charge in [0.25, 0.3) is 0 Å². The Morgan fingerprint density at radius 3 is 2.67 bits per heavy atom. The van der Waals surface area contributed by atoms with Gasteiger partial charge in [0.05, 0.1) is 31.5 Å². The fourth-order valence-corrected chi connectivity index (χ4v) is 7.98. The van der Waals surface area contributed by atoms with Gasteiger partial charge in [0.2, 0.25) is 0 Å². The van der Waals surface area contributed by atoms with Crippen LogP contribution in [-0.2, 0) is 9.53 Å². The number of fused-ring (bicyclic) bond motifs is 1. The molecule has 3 aliphatic carbocycles. The SMILES string of the molecule is C=C(C=CC=C(COCC(O)CO)C1CCC2(C(CCCO)C3=C(C=O)CCCC3CC2(C)O)C1O)CCC=C(C)C. The van der Waals surface area contributed by atoms with E-state index in [1.54, 1.807) is 0 Å². The Bertz CT molecular complexity index is 1050. The zero-order valence-electron chi connectivity index (χ0n) is 25.9. The Balaban J connectivity index is 1.96. The number of aliphatic hydroxyl groups excluding tert-OH is 4. The first-order valence-electron chi connectivity index (χ1n) is 15.8. The Labute approximate surface area is 252 Å². The van der Waals surface area contributed by atoms with Crippen molar-refractivity contribution in [2.75, 3.05) is 26.4 Å². The number of hydrogen-bond acceptors (Lipinski definition) is 7. The molecule has 2 fully saturated rings. The summed E-state index contributed by atoms with van der Waals surface area (Å²) in [5, 5.41) is 53.2. The molecule has 1 spiro atoms. The average Bonchev–Trinajstić information content (AvgIpc) is 3.29. The molecule has 7 atom stereocenters. The van der Waals surface area contributed by atoms with Crippen molar-refractivity contribution in [2.45, 2.75) is 103 Å². The monoisotopic (exact) mass is 586 g/mol. The number of hydrogen-bond donors (Lipinski definition) is 5. The zero-order valence-corrected chi connectivity index (χ0v) is 25.9. The summed E-state index contributed by atoms with van der Waals surface area (Å²) in [4.78, 5) is 12.2. The third-order valence-electron chi connectivity index (χ3n) is 9.95. The lowest BCUT2D eigenvalue weighted by atomic mass is 9.49. The van der Waals surface area contributed by atoms with Crippen molar-refractivity contribution in [3.63, 3.8) is 0 Å². The summed E-state index contributed by atoms with van der Waals surface area (Å²) in [5.74, 6) is -0.404. The van der Waals surface area contributed by atoms with Crippen LogP contribution in [-0.4, -0.2) is 76.1 Å². The quantitative estimate of drug-likeness (QED) is 0.107. The first-order valence-corrected chi connectivity index (χ1v) is 15.8. The minimum absolute atomic E-state index is 0.0110. The Kier molecular flexibility index (Phi) is 13.0. The second-order valence-corrected chi connectivity index (χ2v) is 13.1. The summed E-state index contributed by atoms with van der Waals surface area (Å²) in [6.07, 6.45) is 14.3. The van der Waals surface area contributed by atoms with Crippen LogP contribution < -0.4 is 0 Å². The van der Waals surface area contributed by atoms with Crippen molar-refractivity contribution in [3.05, 3.63) is 58.7 Å². The van der Waals surface area contributed by atoms with E-state index in [9.17, 15) is 30.3 Å². The minimum atomic E-state index is -1.16. The van der Waals surface area contributed by atoms with E-state index in [-0.39, 0.29) is 37.6 Å². The third-order valence-corrected chi connectivity index (χ3v) is 9.95. The molecule has 7 unspecified atom stereocenters. The van der Waals surface area contributed by atoms with Gasteiger partial charge in [0, 0.05) is 17.9 Å². The van der Waals surface area contributed by atoms with Gasteiger partial charge in [-0.15, -0.1) is 0 Å². The molecule has 0 amide bonds. The molecule has 0 aliphatic heterocycles. The molecule has 42 heavy (non-hydrogen) atoms. The molecular weight excluding hydrogens is 532 g/mol. The van der Waals surface area contributed by atoms with Crippen molar-refractivity contribution in [1.29, 1.82) is 0 Å². The van der Waals surface area contributed by atoms with Gasteiger partial charge in [-0.1, -0.05) is 47.6 Å². The number of ether oxygens (including phenoxy) is 1. The predicted molar refractivity (Wildman–Crippen MR) is 166 cm³/mol. The molecule has 0 saturated heterocycles. The minimum Gasteiger partial charge on any atom is -0.396 e. The maximum Gasteiger partial charge on any atom is 0.145 e. The van der Waals surface area contributed by atoms with Crippen LogP contribution in [0, 0.1) is 23.2 Å². The molecule has 236 valence electrons. The lowest BCUT2D eigenvalue weighted by molar-refractivity contribution is -0.178. The van der Waals surface area contributed by atoms with Crippen molar-refractivity contribution < 1.29 is 35.1 Å². The van der Waals surface area contributed by atoms with Gasteiger partial charge in [-0.2, -0.15) is 0 Å². The summed E-state index contributed by atoms with van der Waals surface area (Å²) < 4.78 is 5.79. The highest BCUT2D eigenvalue weighted by atomic mass is 16.5. The van der Waals surface area contributed by atoms with E-state index in [2.05, 4.69) is 26.5 Å². The standard InChI is InChI=1S/C35H54O7/c1-24(2)9-5-10-25(3)11-6-14-28(22-42-23-29(39)21-38)30-16-17-35(33(30)40)31(15-8-18-36)32-26(19-34(35,4)41)12-7-13-27(32)20-37/h6,9,11,14,20,26,29-31,33,36,38-41H,3,5,7-8,10,12-13,15-19,21-23H2,1-2,4H3. The van der Waals surface area contributed by atoms with E-state index in [1.165, 1.54) is 5.57 Å². The van der Waals surface area contributed by atoms with Gasteiger partial charge < -0.3 is 30.3 Å². The highest BCUT2D eigenvalue weighted by Crippen LogP contribution is 2.65. The van der Waals surface area contributed by atoms with Crippen molar-refractivity contribution in [2.24, 2.45) is 23.2 Å². The van der Waals surface area contributed by atoms with Gasteiger partial charge in [-0.3, -0.25) is 4.79 Å². The third kappa shape index (κ3) is 7.79. The lowest BCUT2D eigenvalue weighted by Crippen LogP contribution is -2.61. The maximum atomic E-state index is 12.3. The van der Waals surface area contributed by atoms with Crippen LogP contribution in [0.3, 0.4) is 0 Å². The molecular formula is C35H54O7. The van der Waals surface area contributed by atoms with Crippen LogP contribution in [0.15, 0.2) is 58.7 Å². The molecule has 0 heterocycles. The molecule has 7 nitrogen and oxygen atoms in total. The zero-order chi connectivity index (χ0) is 30.9. The van der Waals surface area contributed by atoms with E-state index in [4.69, 9.17) is 4.74 Å². The molecule has 7 heteroatoms.